The maximum atomic E-state index is 12.3. The molecule has 0 radical (unpaired) electrons. The Balaban J connectivity index is 1.58. The molecule has 1 aromatic carbocycles. The van der Waals surface area contributed by atoms with E-state index in [2.05, 4.69) is 15.6 Å². The molecular formula is C17H17N3O6S. The molecule has 2 amide bonds. The summed E-state index contributed by atoms with van der Waals surface area (Å²) in [7, 11) is 0. The van der Waals surface area contributed by atoms with Gasteiger partial charge in [-0.25, -0.2) is 9.78 Å². The van der Waals surface area contributed by atoms with Crippen LogP contribution < -0.4 is 20.1 Å². The van der Waals surface area contributed by atoms with Gasteiger partial charge < -0.3 is 24.8 Å². The van der Waals surface area contributed by atoms with E-state index < -0.39 is 18.0 Å². The molecule has 0 bridgehead atoms. The van der Waals surface area contributed by atoms with Crippen molar-refractivity contribution < 1.29 is 28.6 Å². The first-order valence-corrected chi connectivity index (χ1v) is 8.95. The van der Waals surface area contributed by atoms with Crippen LogP contribution >= 0.6 is 11.3 Å². The Labute approximate surface area is 158 Å². The molecule has 27 heavy (non-hydrogen) atoms. The molecule has 9 nitrogen and oxygen atoms in total. The highest BCUT2D eigenvalue weighted by atomic mass is 32.1. The third-order valence-corrected chi connectivity index (χ3v) is 4.22. The van der Waals surface area contributed by atoms with Crippen LogP contribution in [0.2, 0.25) is 0 Å². The van der Waals surface area contributed by atoms with Crippen molar-refractivity contribution in [2.45, 2.75) is 20.0 Å². The first kappa shape index (κ1) is 18.6. The summed E-state index contributed by atoms with van der Waals surface area (Å²) in [6.07, 6.45) is -1.04. The summed E-state index contributed by atoms with van der Waals surface area (Å²) in [5, 5.41) is 6.85. The largest absolute Gasteiger partial charge is 0.486 e. The molecule has 1 aliphatic rings. The van der Waals surface area contributed by atoms with Crippen LogP contribution in [0, 0.1) is 0 Å². The Morgan fingerprint density at radius 3 is 2.67 bits per heavy atom. The van der Waals surface area contributed by atoms with Gasteiger partial charge in [-0.3, -0.25) is 9.59 Å². The summed E-state index contributed by atoms with van der Waals surface area (Å²) < 4.78 is 16.0. The van der Waals surface area contributed by atoms with Crippen LogP contribution in [0.1, 0.15) is 24.3 Å². The zero-order chi connectivity index (χ0) is 19.4. The Kier molecular flexibility index (Phi) is 5.55. The summed E-state index contributed by atoms with van der Waals surface area (Å²) >= 11 is 1.09. The lowest BCUT2D eigenvalue weighted by atomic mass is 10.2. The first-order chi connectivity index (χ1) is 12.9. The third-order valence-electron chi connectivity index (χ3n) is 3.46. The van der Waals surface area contributed by atoms with E-state index in [-0.39, 0.29) is 16.7 Å². The van der Waals surface area contributed by atoms with Gasteiger partial charge in [-0.15, -0.1) is 11.3 Å². The summed E-state index contributed by atoms with van der Waals surface area (Å²) in [5.74, 6) is -0.407. The van der Waals surface area contributed by atoms with E-state index in [1.807, 2.05) is 0 Å². The first-order valence-electron chi connectivity index (χ1n) is 8.07. The number of carbonyl (C=O) groups is 3. The number of ether oxygens (including phenoxy) is 3. The normalized spacial score (nSPS) is 13.4. The summed E-state index contributed by atoms with van der Waals surface area (Å²) in [6, 6.07) is 5.00. The molecule has 0 spiro atoms. The number of hydrogen-bond acceptors (Lipinski definition) is 8. The number of esters is 1. The molecule has 142 valence electrons. The van der Waals surface area contributed by atoms with E-state index in [4.69, 9.17) is 14.2 Å². The smallest absolute Gasteiger partial charge is 0.358 e. The monoisotopic (exact) mass is 391 g/mol. The second kappa shape index (κ2) is 8.04. The average molecular weight is 391 g/mol. The minimum absolute atomic E-state index is 0.0164. The van der Waals surface area contributed by atoms with Gasteiger partial charge in [0.15, 0.2) is 28.4 Å². The van der Waals surface area contributed by atoms with Crippen LogP contribution in [0.25, 0.3) is 0 Å². The molecule has 0 aliphatic carbocycles. The predicted molar refractivity (Wildman–Crippen MR) is 97.4 cm³/mol. The molecule has 10 heteroatoms. The number of thiazole rings is 1. The maximum Gasteiger partial charge on any atom is 0.358 e. The molecule has 1 atom stereocenters. The van der Waals surface area contributed by atoms with Crippen molar-refractivity contribution >= 4 is 39.9 Å². The van der Waals surface area contributed by atoms with Crippen LogP contribution in [-0.4, -0.2) is 42.1 Å². The van der Waals surface area contributed by atoms with Gasteiger partial charge in [-0.1, -0.05) is 0 Å². The second-order valence-corrected chi connectivity index (χ2v) is 6.47. The highest BCUT2D eigenvalue weighted by Crippen LogP contribution is 2.32. The Morgan fingerprint density at radius 1 is 1.19 bits per heavy atom. The van der Waals surface area contributed by atoms with Crippen molar-refractivity contribution in [1.82, 2.24) is 4.98 Å². The molecular weight excluding hydrogens is 374 g/mol. The van der Waals surface area contributed by atoms with E-state index in [1.165, 1.54) is 19.2 Å². The van der Waals surface area contributed by atoms with Gasteiger partial charge >= 0.3 is 5.97 Å². The fourth-order valence-electron chi connectivity index (χ4n) is 2.21. The quantitative estimate of drug-likeness (QED) is 0.750. The van der Waals surface area contributed by atoms with Crippen LogP contribution in [0.5, 0.6) is 11.5 Å². The fourth-order valence-corrected chi connectivity index (χ4v) is 2.94. The van der Waals surface area contributed by atoms with Gasteiger partial charge in [0.2, 0.25) is 5.91 Å². The van der Waals surface area contributed by atoms with Crippen molar-refractivity contribution in [1.29, 1.82) is 0 Å². The zero-order valence-electron chi connectivity index (χ0n) is 14.6. The lowest BCUT2D eigenvalue weighted by molar-refractivity contribution is -0.123. The summed E-state index contributed by atoms with van der Waals surface area (Å²) in [5.41, 5.74) is 0.511. The van der Waals surface area contributed by atoms with E-state index >= 15 is 0 Å². The number of carbonyl (C=O) groups excluding carboxylic acids is 3. The van der Waals surface area contributed by atoms with E-state index in [0.29, 0.717) is 30.4 Å². The minimum Gasteiger partial charge on any atom is -0.486 e. The second-order valence-electron chi connectivity index (χ2n) is 5.61. The molecule has 1 unspecified atom stereocenters. The number of aromatic nitrogens is 1. The van der Waals surface area contributed by atoms with E-state index in [9.17, 15) is 14.4 Å². The average Bonchev–Trinajstić information content (AvgIpc) is 3.09. The topological polar surface area (TPSA) is 116 Å². The molecule has 1 aromatic heterocycles. The molecule has 3 rings (SSSR count). The molecule has 0 fully saturated rings. The number of hydrogen-bond donors (Lipinski definition) is 2. The van der Waals surface area contributed by atoms with Gasteiger partial charge in [-0.2, -0.15) is 0 Å². The van der Waals surface area contributed by atoms with Gasteiger partial charge in [0.1, 0.15) is 13.2 Å². The number of nitrogens with one attached hydrogen (secondary N) is 2. The number of rotatable bonds is 5. The SMILES string of the molecule is CC(=O)Nc1nc(C(=O)OC(C)C(=O)Nc2ccc3c(c2)OCCO3)cs1. The lowest BCUT2D eigenvalue weighted by Gasteiger charge is -2.19. The van der Waals surface area contributed by atoms with Crippen LogP contribution in [0.15, 0.2) is 23.6 Å². The standard InChI is InChI=1S/C17H17N3O6S/c1-9(26-16(23)12-8-27-17(20-12)18-10(2)21)15(22)19-11-3-4-13-14(7-11)25-6-5-24-13/h3-4,7-9H,5-6H2,1-2H3,(H,19,22)(H,18,20,21). The van der Waals surface area contributed by atoms with Gasteiger partial charge in [-0.05, 0) is 19.1 Å². The Bertz CT molecular complexity index is 881. The highest BCUT2D eigenvalue weighted by molar-refractivity contribution is 7.14. The number of nitrogens with zero attached hydrogens (tertiary/aromatic N) is 1. The molecule has 0 saturated heterocycles. The van der Waals surface area contributed by atoms with Crippen molar-refractivity contribution in [2.75, 3.05) is 23.8 Å². The van der Waals surface area contributed by atoms with Crippen LogP contribution in [0.3, 0.4) is 0 Å². The van der Waals surface area contributed by atoms with Gasteiger partial charge in [0.25, 0.3) is 5.91 Å². The van der Waals surface area contributed by atoms with Crippen molar-refractivity contribution in [2.24, 2.45) is 0 Å². The summed E-state index contributed by atoms with van der Waals surface area (Å²) in [4.78, 5) is 39.3. The number of fused-ring (bicyclic) bond motifs is 1. The van der Waals surface area contributed by atoms with Crippen molar-refractivity contribution in [3.63, 3.8) is 0 Å². The van der Waals surface area contributed by atoms with E-state index in [0.717, 1.165) is 11.3 Å². The number of benzene rings is 1. The third kappa shape index (κ3) is 4.73. The molecule has 2 heterocycles. The number of anilines is 2. The zero-order valence-corrected chi connectivity index (χ0v) is 15.4. The lowest BCUT2D eigenvalue weighted by Crippen LogP contribution is -2.30. The minimum atomic E-state index is -1.04. The van der Waals surface area contributed by atoms with Crippen molar-refractivity contribution in [3.8, 4) is 11.5 Å². The maximum absolute atomic E-state index is 12.3. The molecule has 2 aromatic rings. The van der Waals surface area contributed by atoms with Crippen LogP contribution in [0.4, 0.5) is 10.8 Å². The molecule has 1 aliphatic heterocycles. The fraction of sp³-hybridized carbons (Fsp3) is 0.294. The van der Waals surface area contributed by atoms with Gasteiger partial charge in [0.05, 0.1) is 0 Å². The van der Waals surface area contributed by atoms with Gasteiger partial charge in [0, 0.05) is 24.1 Å². The van der Waals surface area contributed by atoms with Crippen LogP contribution in [-0.2, 0) is 14.3 Å². The predicted octanol–water partition coefficient (Wildman–Crippen LogP) is 2.06. The van der Waals surface area contributed by atoms with E-state index in [1.54, 1.807) is 18.2 Å². The Hall–Kier alpha value is -3.14. The Morgan fingerprint density at radius 2 is 1.93 bits per heavy atom. The summed E-state index contributed by atoms with van der Waals surface area (Å²) in [6.45, 7) is 3.70. The van der Waals surface area contributed by atoms with Crippen molar-refractivity contribution in [3.05, 3.63) is 29.3 Å². The molecule has 0 saturated carbocycles. The highest BCUT2D eigenvalue weighted by Gasteiger charge is 2.22. The number of amides is 2. The molecule has 2 N–H and O–H groups in total.